The Morgan fingerprint density at radius 2 is 1.86 bits per heavy atom. The lowest BCUT2D eigenvalue weighted by Crippen LogP contribution is -2.37. The summed E-state index contributed by atoms with van der Waals surface area (Å²) in [6, 6.07) is 14.1. The molecule has 1 fully saturated rings. The molecule has 2 aromatic rings. The van der Waals surface area contributed by atoms with Gasteiger partial charge >= 0.3 is 0 Å². The van der Waals surface area contributed by atoms with Crippen LogP contribution in [0.15, 0.2) is 53.7 Å². The summed E-state index contributed by atoms with van der Waals surface area (Å²) < 4.78 is 5.98. The molecule has 6 nitrogen and oxygen atoms in total. The van der Waals surface area contributed by atoms with Crippen LogP contribution in [0.25, 0.3) is 0 Å². The van der Waals surface area contributed by atoms with Gasteiger partial charge in [0.05, 0.1) is 6.61 Å². The van der Waals surface area contributed by atoms with E-state index in [1.165, 1.54) is 12.8 Å². The molecule has 3 N–H and O–H groups in total. The van der Waals surface area contributed by atoms with Gasteiger partial charge in [0.15, 0.2) is 5.96 Å². The number of ether oxygens (including phenoxy) is 1. The smallest absolute Gasteiger partial charge is 0.191 e. The average molecular weight is 509 g/mol. The minimum Gasteiger partial charge on any atom is -0.493 e. The van der Waals surface area contributed by atoms with Gasteiger partial charge in [-0.15, -0.1) is 24.0 Å². The van der Waals surface area contributed by atoms with Crippen molar-refractivity contribution in [2.24, 2.45) is 10.9 Å². The quantitative estimate of drug-likeness (QED) is 0.185. The first-order valence-corrected chi connectivity index (χ1v) is 10.2. The molecule has 1 heterocycles. The lowest BCUT2D eigenvalue weighted by atomic mass is 10.2. The summed E-state index contributed by atoms with van der Waals surface area (Å²) in [6.45, 7) is 3.32. The first kappa shape index (κ1) is 23.3. The highest BCUT2D eigenvalue weighted by atomic mass is 127. The Hall–Kier alpha value is -2.03. The number of nitrogens with one attached hydrogen (secondary N) is 3. The number of anilines is 1. The van der Waals surface area contributed by atoms with Crippen LogP contribution in [0, 0.1) is 5.92 Å². The van der Waals surface area contributed by atoms with E-state index in [2.05, 4.69) is 32.0 Å². The van der Waals surface area contributed by atoms with Crippen molar-refractivity contribution in [2.45, 2.75) is 32.2 Å². The number of nitrogens with zero attached hydrogens (tertiary/aromatic N) is 2. The Balaban J connectivity index is 0.00000300. The van der Waals surface area contributed by atoms with Crippen LogP contribution in [0.1, 0.15) is 31.2 Å². The molecule has 0 bridgehead atoms. The molecule has 3 rings (SSSR count). The Morgan fingerprint density at radius 1 is 1.07 bits per heavy atom. The van der Waals surface area contributed by atoms with E-state index in [0.29, 0.717) is 6.54 Å². The fourth-order valence-electron chi connectivity index (χ4n) is 2.82. The molecule has 0 spiro atoms. The monoisotopic (exact) mass is 509 g/mol. The molecule has 1 aliphatic carbocycles. The van der Waals surface area contributed by atoms with E-state index in [4.69, 9.17) is 4.74 Å². The Morgan fingerprint density at radius 3 is 2.62 bits per heavy atom. The third kappa shape index (κ3) is 8.89. The van der Waals surface area contributed by atoms with Crippen LogP contribution in [-0.2, 0) is 6.54 Å². The molecule has 0 radical (unpaired) electrons. The predicted octanol–water partition coefficient (Wildman–Crippen LogP) is 4.05. The van der Waals surface area contributed by atoms with Gasteiger partial charge in [0.1, 0.15) is 11.6 Å². The molecule has 7 heteroatoms. The molecule has 0 saturated heterocycles. The largest absolute Gasteiger partial charge is 0.493 e. The summed E-state index contributed by atoms with van der Waals surface area (Å²) in [4.78, 5) is 8.57. The molecular formula is C22H32IN5O. The minimum atomic E-state index is 0. The summed E-state index contributed by atoms with van der Waals surface area (Å²) in [6.07, 6.45) is 6.53. The zero-order valence-electron chi connectivity index (χ0n) is 17.1. The summed E-state index contributed by atoms with van der Waals surface area (Å²) in [5, 5.41) is 10.1. The minimum absolute atomic E-state index is 0. The fourth-order valence-corrected chi connectivity index (χ4v) is 2.82. The van der Waals surface area contributed by atoms with E-state index in [-0.39, 0.29) is 24.0 Å². The van der Waals surface area contributed by atoms with Crippen molar-refractivity contribution in [1.29, 1.82) is 0 Å². The van der Waals surface area contributed by atoms with Crippen LogP contribution in [0.5, 0.6) is 5.75 Å². The van der Waals surface area contributed by atoms with Gasteiger partial charge in [0.2, 0.25) is 0 Å². The van der Waals surface area contributed by atoms with Crippen LogP contribution >= 0.6 is 24.0 Å². The van der Waals surface area contributed by atoms with Crippen LogP contribution in [0.4, 0.5) is 5.82 Å². The van der Waals surface area contributed by atoms with E-state index in [1.807, 2.05) is 36.4 Å². The van der Waals surface area contributed by atoms with Crippen molar-refractivity contribution >= 4 is 35.8 Å². The maximum absolute atomic E-state index is 5.98. The van der Waals surface area contributed by atoms with Gasteiger partial charge in [-0.1, -0.05) is 24.3 Å². The van der Waals surface area contributed by atoms with Crippen LogP contribution in [-0.4, -0.2) is 37.7 Å². The van der Waals surface area contributed by atoms with Crippen molar-refractivity contribution in [3.05, 3.63) is 54.2 Å². The van der Waals surface area contributed by atoms with E-state index >= 15 is 0 Å². The van der Waals surface area contributed by atoms with E-state index in [9.17, 15) is 0 Å². The molecule has 0 amide bonds. The zero-order valence-corrected chi connectivity index (χ0v) is 19.4. The van der Waals surface area contributed by atoms with Crippen LogP contribution in [0.2, 0.25) is 0 Å². The first-order chi connectivity index (χ1) is 13.8. The predicted molar refractivity (Wildman–Crippen MR) is 130 cm³/mol. The summed E-state index contributed by atoms with van der Waals surface area (Å²) >= 11 is 0. The molecule has 0 unspecified atom stereocenters. The normalized spacial score (nSPS) is 13.3. The van der Waals surface area contributed by atoms with Crippen molar-refractivity contribution in [2.75, 3.05) is 32.1 Å². The van der Waals surface area contributed by atoms with Crippen molar-refractivity contribution < 1.29 is 4.74 Å². The Bertz CT molecular complexity index is 737. The highest BCUT2D eigenvalue weighted by Gasteiger charge is 2.22. The van der Waals surface area contributed by atoms with E-state index < -0.39 is 0 Å². The number of para-hydroxylation sites is 1. The second-order valence-electron chi connectivity index (χ2n) is 7.06. The maximum Gasteiger partial charge on any atom is 0.191 e. The van der Waals surface area contributed by atoms with Crippen LogP contribution in [0.3, 0.4) is 0 Å². The molecule has 1 aromatic heterocycles. The molecular weight excluding hydrogens is 477 g/mol. The van der Waals surface area contributed by atoms with Crippen LogP contribution < -0.4 is 20.7 Å². The molecule has 0 atom stereocenters. The number of rotatable bonds is 11. The van der Waals surface area contributed by atoms with Gasteiger partial charge in [-0.2, -0.15) is 0 Å². The molecule has 1 aromatic carbocycles. The number of halogens is 1. The lowest BCUT2D eigenvalue weighted by molar-refractivity contribution is 0.296. The summed E-state index contributed by atoms with van der Waals surface area (Å²) in [5.74, 6) is 3.46. The number of hydrogen-bond acceptors (Lipinski definition) is 4. The second-order valence-corrected chi connectivity index (χ2v) is 7.06. The first-order valence-electron chi connectivity index (χ1n) is 10.2. The molecule has 158 valence electrons. The number of aromatic nitrogens is 1. The lowest BCUT2D eigenvalue weighted by Gasteiger charge is -2.15. The number of pyridine rings is 1. The average Bonchev–Trinajstić information content (AvgIpc) is 3.57. The summed E-state index contributed by atoms with van der Waals surface area (Å²) in [5.41, 5.74) is 1.16. The highest BCUT2D eigenvalue weighted by Crippen LogP contribution is 2.30. The molecule has 29 heavy (non-hydrogen) atoms. The molecule has 1 aliphatic rings. The van der Waals surface area contributed by atoms with Gasteiger partial charge in [0.25, 0.3) is 0 Å². The number of hydrogen-bond donors (Lipinski definition) is 3. The number of unbranched alkanes of at least 4 members (excludes halogenated alkanes) is 1. The molecule has 1 saturated carbocycles. The van der Waals surface area contributed by atoms with Gasteiger partial charge in [-0.05, 0) is 49.8 Å². The number of aliphatic imine (C=N–C) groups is 1. The topological polar surface area (TPSA) is 70.6 Å². The number of guanidine groups is 1. The highest BCUT2D eigenvalue weighted by molar-refractivity contribution is 14.0. The standard InChI is InChI=1S/C22H31N5O.HI/c1-23-22(26-15-7-6-14-25-21-10-4-5-13-24-21)27-16-19-8-2-3-9-20(19)28-17-18-11-12-18;/h2-5,8-10,13,18H,6-7,11-12,14-17H2,1H3,(H,24,25)(H2,23,26,27);1H. The van der Waals surface area contributed by atoms with Gasteiger partial charge < -0.3 is 20.7 Å². The fraction of sp³-hybridized carbons (Fsp3) is 0.455. The van der Waals surface area contributed by atoms with E-state index in [1.54, 1.807) is 13.2 Å². The second kappa shape index (κ2) is 13.2. The maximum atomic E-state index is 5.98. The van der Waals surface area contributed by atoms with Gasteiger partial charge in [-0.25, -0.2) is 4.98 Å². The van der Waals surface area contributed by atoms with Crippen molar-refractivity contribution in [3.63, 3.8) is 0 Å². The molecule has 0 aliphatic heterocycles. The summed E-state index contributed by atoms with van der Waals surface area (Å²) in [7, 11) is 1.80. The third-order valence-corrected chi connectivity index (χ3v) is 4.68. The SMILES string of the molecule is CN=C(NCCCCNc1ccccn1)NCc1ccccc1OCC1CC1.I. The third-order valence-electron chi connectivity index (χ3n) is 4.68. The Kier molecular flexibility index (Phi) is 10.6. The number of benzene rings is 1. The van der Waals surface area contributed by atoms with Crippen molar-refractivity contribution in [3.8, 4) is 5.75 Å². The van der Waals surface area contributed by atoms with E-state index in [0.717, 1.165) is 61.5 Å². The van der Waals surface area contributed by atoms with Gasteiger partial charge in [0, 0.05) is 38.4 Å². The van der Waals surface area contributed by atoms with Crippen molar-refractivity contribution in [1.82, 2.24) is 15.6 Å². The Labute approximate surface area is 191 Å². The van der Waals surface area contributed by atoms with Gasteiger partial charge in [-0.3, -0.25) is 4.99 Å². The zero-order chi connectivity index (χ0) is 19.4.